The van der Waals surface area contributed by atoms with E-state index in [4.69, 9.17) is 4.74 Å². The average Bonchev–Trinajstić information content (AvgIpc) is 3.37. The van der Waals surface area contributed by atoms with Crippen molar-refractivity contribution in [1.29, 1.82) is 0 Å². The first-order chi connectivity index (χ1) is 11.6. The summed E-state index contributed by atoms with van der Waals surface area (Å²) in [6, 6.07) is 11.9. The van der Waals surface area contributed by atoms with Crippen molar-refractivity contribution >= 4 is 17.8 Å². The Morgan fingerprint density at radius 3 is 2.58 bits per heavy atom. The van der Waals surface area contributed by atoms with Gasteiger partial charge in [-0.3, -0.25) is 4.79 Å². The number of hydrogen-bond acceptors (Lipinski definition) is 3. The fourth-order valence-corrected chi connectivity index (χ4v) is 2.94. The Bertz CT molecular complexity index is 783. The molecule has 1 heterocycles. The second kappa shape index (κ2) is 6.87. The molecular weight excluding hydrogens is 302 g/mol. The molecule has 1 aliphatic carbocycles. The Morgan fingerprint density at radius 2 is 1.92 bits per heavy atom. The highest BCUT2D eigenvalue weighted by molar-refractivity contribution is 6.00. The molecule has 0 atom stereocenters. The van der Waals surface area contributed by atoms with Crippen LogP contribution < -0.4 is 0 Å². The number of ketones is 1. The first-order valence-corrected chi connectivity index (χ1v) is 8.18. The number of Topliss-reactive ketones (excluding diaryl/α,β-unsaturated/α-hetero) is 1. The first-order valence-electron chi connectivity index (χ1n) is 8.18. The fourth-order valence-electron chi connectivity index (χ4n) is 2.94. The summed E-state index contributed by atoms with van der Waals surface area (Å²) < 4.78 is 7.29. The molecule has 1 aromatic heterocycles. The maximum Gasteiger partial charge on any atom is 0.331 e. The topological polar surface area (TPSA) is 48.3 Å². The molecule has 0 amide bonds. The summed E-state index contributed by atoms with van der Waals surface area (Å²) in [5.41, 5.74) is 3.62. The van der Waals surface area contributed by atoms with Gasteiger partial charge in [0.15, 0.2) is 6.61 Å². The van der Waals surface area contributed by atoms with Gasteiger partial charge in [0.2, 0.25) is 5.78 Å². The number of carbonyl (C=O) groups excluding carboxylic acids is 2. The van der Waals surface area contributed by atoms with Crippen LogP contribution >= 0.6 is 0 Å². The number of benzene rings is 1. The standard InChI is InChI=1S/C20H21NO3/c1-14-12-18(15(2)21(14)17-9-10-17)19(22)13-24-20(23)11-8-16-6-4-3-5-7-16/h3-8,11-12,17H,9-10,13H2,1-2H3/b11-8+. The van der Waals surface area contributed by atoms with Crippen molar-refractivity contribution in [2.75, 3.05) is 6.61 Å². The van der Waals surface area contributed by atoms with Gasteiger partial charge in [0, 0.05) is 29.1 Å². The molecule has 4 nitrogen and oxygen atoms in total. The molecule has 0 spiro atoms. The lowest BCUT2D eigenvalue weighted by atomic mass is 10.1. The monoisotopic (exact) mass is 323 g/mol. The number of carbonyl (C=O) groups is 2. The van der Waals surface area contributed by atoms with E-state index in [0.717, 1.165) is 17.0 Å². The van der Waals surface area contributed by atoms with Crippen molar-refractivity contribution in [2.24, 2.45) is 0 Å². The minimum absolute atomic E-state index is 0.156. The lowest BCUT2D eigenvalue weighted by Gasteiger charge is -2.07. The van der Waals surface area contributed by atoms with Crippen molar-refractivity contribution in [1.82, 2.24) is 4.57 Å². The van der Waals surface area contributed by atoms with Gasteiger partial charge in [-0.15, -0.1) is 0 Å². The van der Waals surface area contributed by atoms with Gasteiger partial charge in [-0.25, -0.2) is 4.79 Å². The zero-order chi connectivity index (χ0) is 17.1. The molecule has 0 unspecified atom stereocenters. The molecule has 124 valence electrons. The van der Waals surface area contributed by atoms with E-state index in [1.165, 1.54) is 18.9 Å². The molecule has 0 saturated heterocycles. The third kappa shape index (κ3) is 3.65. The van der Waals surface area contributed by atoms with E-state index >= 15 is 0 Å². The van der Waals surface area contributed by atoms with Crippen LogP contribution in [0, 0.1) is 13.8 Å². The van der Waals surface area contributed by atoms with Gasteiger partial charge in [-0.2, -0.15) is 0 Å². The quantitative estimate of drug-likeness (QED) is 0.460. The zero-order valence-electron chi connectivity index (χ0n) is 14.0. The second-order valence-electron chi connectivity index (χ2n) is 6.16. The smallest absolute Gasteiger partial charge is 0.331 e. The Kier molecular flexibility index (Phi) is 4.65. The zero-order valence-corrected chi connectivity index (χ0v) is 14.0. The maximum absolute atomic E-state index is 12.3. The van der Waals surface area contributed by atoms with Crippen LogP contribution in [0.1, 0.15) is 46.2 Å². The Morgan fingerprint density at radius 1 is 1.21 bits per heavy atom. The van der Waals surface area contributed by atoms with Gasteiger partial charge in [-0.05, 0) is 44.4 Å². The summed E-state index contributed by atoms with van der Waals surface area (Å²) in [6.07, 6.45) is 5.36. The third-order valence-electron chi connectivity index (χ3n) is 4.25. The van der Waals surface area contributed by atoms with Gasteiger partial charge >= 0.3 is 5.97 Å². The Labute approximate surface area is 141 Å². The number of aryl methyl sites for hydroxylation is 1. The molecule has 0 bridgehead atoms. The molecule has 0 radical (unpaired) electrons. The second-order valence-corrected chi connectivity index (χ2v) is 6.16. The Hall–Kier alpha value is -2.62. The van der Waals surface area contributed by atoms with Crippen LogP contribution in [0.5, 0.6) is 0 Å². The van der Waals surface area contributed by atoms with Crippen LogP contribution in [0.25, 0.3) is 6.08 Å². The number of nitrogens with zero attached hydrogens (tertiary/aromatic N) is 1. The molecule has 24 heavy (non-hydrogen) atoms. The number of esters is 1. The van der Waals surface area contributed by atoms with Crippen LogP contribution in [0.3, 0.4) is 0 Å². The minimum atomic E-state index is -0.511. The number of rotatable bonds is 6. The summed E-state index contributed by atoms with van der Waals surface area (Å²) in [4.78, 5) is 24.1. The summed E-state index contributed by atoms with van der Waals surface area (Å²) in [5, 5.41) is 0. The number of aromatic nitrogens is 1. The van der Waals surface area contributed by atoms with Crippen LogP contribution in [-0.4, -0.2) is 22.9 Å². The van der Waals surface area contributed by atoms with Gasteiger partial charge in [0.25, 0.3) is 0 Å². The van der Waals surface area contributed by atoms with Crippen molar-refractivity contribution in [2.45, 2.75) is 32.7 Å². The molecule has 0 aliphatic heterocycles. The number of hydrogen-bond donors (Lipinski definition) is 0. The van der Waals surface area contributed by atoms with Gasteiger partial charge in [0.1, 0.15) is 0 Å². The van der Waals surface area contributed by atoms with E-state index in [-0.39, 0.29) is 12.4 Å². The molecule has 3 rings (SSSR count). The van der Waals surface area contributed by atoms with E-state index in [0.29, 0.717) is 11.6 Å². The van der Waals surface area contributed by atoms with Crippen LogP contribution in [0.15, 0.2) is 42.5 Å². The van der Waals surface area contributed by atoms with Crippen LogP contribution in [-0.2, 0) is 9.53 Å². The van der Waals surface area contributed by atoms with Crippen molar-refractivity contribution in [3.8, 4) is 0 Å². The summed E-state index contributed by atoms with van der Waals surface area (Å²) >= 11 is 0. The predicted molar refractivity (Wildman–Crippen MR) is 92.9 cm³/mol. The lowest BCUT2D eigenvalue weighted by Crippen LogP contribution is -2.13. The van der Waals surface area contributed by atoms with Crippen molar-refractivity contribution in [3.63, 3.8) is 0 Å². The van der Waals surface area contributed by atoms with E-state index in [2.05, 4.69) is 4.57 Å². The van der Waals surface area contributed by atoms with E-state index < -0.39 is 5.97 Å². The van der Waals surface area contributed by atoms with Crippen LogP contribution in [0.2, 0.25) is 0 Å². The molecule has 1 fully saturated rings. The molecule has 1 aliphatic rings. The summed E-state index contributed by atoms with van der Waals surface area (Å²) in [6.45, 7) is 3.74. The van der Waals surface area contributed by atoms with Crippen molar-refractivity contribution in [3.05, 3.63) is 65.0 Å². The van der Waals surface area contributed by atoms with Crippen molar-refractivity contribution < 1.29 is 14.3 Å². The molecule has 1 aromatic carbocycles. The first kappa shape index (κ1) is 16.2. The third-order valence-corrected chi connectivity index (χ3v) is 4.25. The van der Waals surface area contributed by atoms with E-state index in [1.54, 1.807) is 6.08 Å². The van der Waals surface area contributed by atoms with Gasteiger partial charge in [0.05, 0.1) is 0 Å². The normalized spacial score (nSPS) is 14.1. The number of ether oxygens (including phenoxy) is 1. The highest BCUT2D eigenvalue weighted by atomic mass is 16.5. The fraction of sp³-hybridized carbons (Fsp3) is 0.300. The lowest BCUT2D eigenvalue weighted by molar-refractivity contribution is -0.136. The van der Waals surface area contributed by atoms with E-state index in [9.17, 15) is 9.59 Å². The summed E-state index contributed by atoms with van der Waals surface area (Å²) in [7, 11) is 0. The average molecular weight is 323 g/mol. The predicted octanol–water partition coefficient (Wildman–Crippen LogP) is 3.88. The molecule has 1 saturated carbocycles. The molecule has 4 heteroatoms. The van der Waals surface area contributed by atoms with Gasteiger partial charge in [-0.1, -0.05) is 30.3 Å². The Balaban J connectivity index is 1.58. The largest absolute Gasteiger partial charge is 0.454 e. The highest BCUT2D eigenvalue weighted by Crippen LogP contribution is 2.38. The highest BCUT2D eigenvalue weighted by Gasteiger charge is 2.28. The van der Waals surface area contributed by atoms with Gasteiger partial charge < -0.3 is 9.30 Å². The van der Waals surface area contributed by atoms with Crippen LogP contribution in [0.4, 0.5) is 0 Å². The maximum atomic E-state index is 12.3. The molecule has 0 N–H and O–H groups in total. The van der Waals surface area contributed by atoms with E-state index in [1.807, 2.05) is 50.2 Å². The summed E-state index contributed by atoms with van der Waals surface area (Å²) in [5.74, 6) is -0.667. The molecule has 2 aromatic rings. The SMILES string of the molecule is Cc1cc(C(=O)COC(=O)/C=C/c2ccccc2)c(C)n1C1CC1. The minimum Gasteiger partial charge on any atom is -0.454 e. The molecular formula is C20H21NO3.